The molecule has 2 fully saturated rings. The van der Waals surface area contributed by atoms with Crippen LogP contribution in [-0.2, 0) is 0 Å². The number of aryl methyl sites for hydroxylation is 1. The monoisotopic (exact) mass is 393 g/mol. The fourth-order valence-electron chi connectivity index (χ4n) is 4.62. The summed E-state index contributed by atoms with van der Waals surface area (Å²) >= 11 is 0. The number of rotatable bonds is 4. The first-order valence-electron chi connectivity index (χ1n) is 10.6. The molecule has 0 saturated carbocycles. The van der Waals surface area contributed by atoms with Gasteiger partial charge in [0.25, 0.3) is 5.91 Å². The van der Waals surface area contributed by atoms with Gasteiger partial charge >= 0.3 is 0 Å². The number of methoxy groups -OCH3 is 1. The van der Waals surface area contributed by atoms with Gasteiger partial charge in [-0.15, -0.1) is 0 Å². The van der Waals surface area contributed by atoms with Crippen LogP contribution < -0.4 is 9.64 Å². The Kier molecular flexibility index (Phi) is 6.05. The summed E-state index contributed by atoms with van der Waals surface area (Å²) in [4.78, 5) is 20.1. The normalized spacial score (nSPS) is 20.6. The molecule has 5 heteroatoms. The number of hydrogen-bond acceptors (Lipinski definition) is 4. The molecule has 0 unspecified atom stereocenters. The van der Waals surface area contributed by atoms with Crippen LogP contribution in [0.15, 0.2) is 48.5 Å². The molecule has 0 bridgehead atoms. The Morgan fingerprint density at radius 1 is 1.00 bits per heavy atom. The lowest BCUT2D eigenvalue weighted by atomic mass is 10.0. The van der Waals surface area contributed by atoms with E-state index in [0.717, 1.165) is 57.0 Å². The predicted octanol–water partition coefficient (Wildman–Crippen LogP) is 3.43. The average Bonchev–Trinajstić information content (AvgIpc) is 2.79. The number of piperidine rings is 1. The molecule has 2 aromatic rings. The number of ether oxygens (including phenoxy) is 1. The molecule has 2 aliphatic rings. The van der Waals surface area contributed by atoms with Crippen molar-refractivity contribution in [1.29, 1.82) is 0 Å². The van der Waals surface area contributed by atoms with Crippen molar-refractivity contribution >= 4 is 11.6 Å². The largest absolute Gasteiger partial charge is 0.497 e. The van der Waals surface area contributed by atoms with E-state index in [4.69, 9.17) is 4.74 Å². The number of likely N-dealkylation sites (tertiary alicyclic amines) is 1. The highest BCUT2D eigenvalue weighted by Gasteiger charge is 2.30. The fraction of sp³-hybridized carbons (Fsp3) is 0.458. The summed E-state index contributed by atoms with van der Waals surface area (Å²) in [6, 6.07) is 16.6. The van der Waals surface area contributed by atoms with E-state index in [2.05, 4.69) is 41.0 Å². The van der Waals surface area contributed by atoms with Crippen LogP contribution in [0.2, 0.25) is 0 Å². The number of carbonyl (C=O) groups excluding carboxylic acids is 1. The third-order valence-corrected chi connectivity index (χ3v) is 6.29. The number of para-hydroxylation sites is 1. The van der Waals surface area contributed by atoms with Gasteiger partial charge in [0, 0.05) is 56.6 Å². The van der Waals surface area contributed by atoms with E-state index in [1.165, 1.54) is 17.7 Å². The van der Waals surface area contributed by atoms with Crippen molar-refractivity contribution in [3.8, 4) is 5.75 Å². The van der Waals surface area contributed by atoms with E-state index >= 15 is 0 Å². The zero-order valence-corrected chi connectivity index (χ0v) is 17.5. The first kappa shape index (κ1) is 19.8. The second kappa shape index (κ2) is 8.87. The molecule has 1 amide bonds. The summed E-state index contributed by atoms with van der Waals surface area (Å²) < 4.78 is 5.28. The van der Waals surface area contributed by atoms with Crippen LogP contribution >= 0.6 is 0 Å². The van der Waals surface area contributed by atoms with Crippen molar-refractivity contribution < 1.29 is 9.53 Å². The van der Waals surface area contributed by atoms with Crippen LogP contribution in [0, 0.1) is 6.92 Å². The lowest BCUT2D eigenvalue weighted by molar-refractivity contribution is 0.0563. The molecule has 0 aromatic heterocycles. The predicted molar refractivity (Wildman–Crippen MR) is 117 cm³/mol. The van der Waals surface area contributed by atoms with Gasteiger partial charge in [-0.3, -0.25) is 9.69 Å². The SMILES string of the molecule is COc1cccc(C(=O)N2CCC[C@@H](N3CCN(c4ccccc4C)CC3)C2)c1. The van der Waals surface area contributed by atoms with Crippen molar-refractivity contribution in [3.63, 3.8) is 0 Å². The number of anilines is 1. The number of amides is 1. The highest BCUT2D eigenvalue weighted by molar-refractivity contribution is 5.94. The zero-order valence-electron chi connectivity index (χ0n) is 17.5. The molecular weight excluding hydrogens is 362 g/mol. The molecule has 0 radical (unpaired) electrons. The van der Waals surface area contributed by atoms with Crippen molar-refractivity contribution in [2.75, 3.05) is 51.3 Å². The molecule has 2 heterocycles. The highest BCUT2D eigenvalue weighted by atomic mass is 16.5. The van der Waals surface area contributed by atoms with E-state index in [-0.39, 0.29) is 5.91 Å². The van der Waals surface area contributed by atoms with Crippen LogP contribution in [0.4, 0.5) is 5.69 Å². The standard InChI is InChI=1S/C24H31N3O2/c1-19-7-3-4-11-23(19)26-15-13-25(14-16-26)21-9-6-12-27(18-21)24(28)20-8-5-10-22(17-20)29-2/h3-5,7-8,10-11,17,21H,6,9,12-16,18H2,1-2H3/t21-/m1/s1. The Morgan fingerprint density at radius 2 is 1.79 bits per heavy atom. The Labute approximate surface area is 173 Å². The lowest BCUT2D eigenvalue weighted by Crippen LogP contribution is -2.56. The summed E-state index contributed by atoms with van der Waals surface area (Å²) in [6.07, 6.45) is 2.24. The van der Waals surface area contributed by atoms with Crippen molar-refractivity contribution in [2.24, 2.45) is 0 Å². The molecule has 0 N–H and O–H groups in total. The molecule has 1 atom stereocenters. The van der Waals surface area contributed by atoms with Gasteiger partial charge in [0.15, 0.2) is 0 Å². The molecule has 5 nitrogen and oxygen atoms in total. The van der Waals surface area contributed by atoms with E-state index in [9.17, 15) is 4.79 Å². The summed E-state index contributed by atoms with van der Waals surface area (Å²) in [5, 5.41) is 0. The Morgan fingerprint density at radius 3 is 2.55 bits per heavy atom. The van der Waals surface area contributed by atoms with E-state index in [1.807, 2.05) is 29.2 Å². The number of piperazine rings is 1. The van der Waals surface area contributed by atoms with Crippen LogP contribution in [0.1, 0.15) is 28.8 Å². The summed E-state index contributed by atoms with van der Waals surface area (Å²) in [5.41, 5.74) is 3.41. The first-order valence-corrected chi connectivity index (χ1v) is 10.6. The van der Waals surface area contributed by atoms with Gasteiger partial charge in [0.2, 0.25) is 0 Å². The average molecular weight is 394 g/mol. The zero-order chi connectivity index (χ0) is 20.2. The van der Waals surface area contributed by atoms with Gasteiger partial charge in [-0.1, -0.05) is 24.3 Å². The molecule has 29 heavy (non-hydrogen) atoms. The first-order chi connectivity index (χ1) is 14.2. The summed E-state index contributed by atoms with van der Waals surface area (Å²) in [7, 11) is 1.64. The minimum Gasteiger partial charge on any atom is -0.497 e. The van der Waals surface area contributed by atoms with Gasteiger partial charge in [-0.05, 0) is 49.6 Å². The van der Waals surface area contributed by atoms with Crippen molar-refractivity contribution in [1.82, 2.24) is 9.80 Å². The number of carbonyl (C=O) groups is 1. The quantitative estimate of drug-likeness (QED) is 0.797. The lowest BCUT2D eigenvalue weighted by Gasteiger charge is -2.44. The highest BCUT2D eigenvalue weighted by Crippen LogP contribution is 2.24. The number of nitrogens with zero attached hydrogens (tertiary/aromatic N) is 3. The Balaban J connectivity index is 1.36. The Hall–Kier alpha value is -2.53. The topological polar surface area (TPSA) is 36.0 Å². The molecular formula is C24H31N3O2. The van der Waals surface area contributed by atoms with E-state index < -0.39 is 0 Å². The van der Waals surface area contributed by atoms with Gasteiger partial charge in [-0.25, -0.2) is 0 Å². The summed E-state index contributed by atoms with van der Waals surface area (Å²) in [6.45, 7) is 8.05. The van der Waals surface area contributed by atoms with Crippen molar-refractivity contribution in [3.05, 3.63) is 59.7 Å². The van der Waals surface area contributed by atoms with Crippen LogP contribution in [0.5, 0.6) is 5.75 Å². The maximum Gasteiger partial charge on any atom is 0.254 e. The fourth-order valence-corrected chi connectivity index (χ4v) is 4.62. The van der Waals surface area contributed by atoms with Gasteiger partial charge in [-0.2, -0.15) is 0 Å². The number of benzene rings is 2. The second-order valence-corrected chi connectivity index (χ2v) is 8.09. The van der Waals surface area contributed by atoms with Gasteiger partial charge in [0.05, 0.1) is 7.11 Å². The maximum absolute atomic E-state index is 13.0. The molecule has 2 aliphatic heterocycles. The minimum atomic E-state index is 0.118. The van der Waals surface area contributed by atoms with Gasteiger partial charge < -0.3 is 14.5 Å². The van der Waals surface area contributed by atoms with Crippen LogP contribution in [0.3, 0.4) is 0 Å². The maximum atomic E-state index is 13.0. The second-order valence-electron chi connectivity index (χ2n) is 8.09. The molecule has 0 aliphatic carbocycles. The van der Waals surface area contributed by atoms with E-state index in [1.54, 1.807) is 7.11 Å². The van der Waals surface area contributed by atoms with Crippen LogP contribution in [-0.4, -0.2) is 68.1 Å². The smallest absolute Gasteiger partial charge is 0.254 e. The third kappa shape index (κ3) is 4.40. The van der Waals surface area contributed by atoms with E-state index in [0.29, 0.717) is 6.04 Å². The van der Waals surface area contributed by atoms with Crippen LogP contribution in [0.25, 0.3) is 0 Å². The Bertz CT molecular complexity index is 846. The van der Waals surface area contributed by atoms with Gasteiger partial charge in [0.1, 0.15) is 5.75 Å². The summed E-state index contributed by atoms with van der Waals surface area (Å²) in [5.74, 6) is 0.851. The molecule has 154 valence electrons. The third-order valence-electron chi connectivity index (χ3n) is 6.29. The number of hydrogen-bond donors (Lipinski definition) is 0. The molecule has 2 aromatic carbocycles. The van der Waals surface area contributed by atoms with Crippen molar-refractivity contribution in [2.45, 2.75) is 25.8 Å². The molecule has 0 spiro atoms. The minimum absolute atomic E-state index is 0.118. The molecule has 2 saturated heterocycles. The molecule has 4 rings (SSSR count).